The predicted molar refractivity (Wildman–Crippen MR) is 98.5 cm³/mol. The molecule has 1 saturated heterocycles. The fourth-order valence-corrected chi connectivity index (χ4v) is 3.80. The van der Waals surface area contributed by atoms with E-state index >= 15 is 0 Å². The monoisotopic (exact) mass is 328 g/mol. The standard InChI is InChI=1S/C19H24N2OS/c1-15-14-16(21-11-2-3-12-21)9-10-18(15)20-19(22)8-4-6-17-7-5-13-23-17/h5,7,9-10,13-14H,2-4,6,8,11-12H2,1H3,(H,20,22). The summed E-state index contributed by atoms with van der Waals surface area (Å²) in [6, 6.07) is 10.5. The van der Waals surface area contributed by atoms with Gasteiger partial charge in [-0.05, 0) is 67.8 Å². The smallest absolute Gasteiger partial charge is 0.224 e. The molecule has 23 heavy (non-hydrogen) atoms. The molecule has 2 heterocycles. The van der Waals surface area contributed by atoms with Crippen LogP contribution in [-0.4, -0.2) is 19.0 Å². The first-order valence-electron chi connectivity index (χ1n) is 8.40. The number of amides is 1. The minimum atomic E-state index is 0.110. The van der Waals surface area contributed by atoms with Gasteiger partial charge in [0, 0.05) is 35.8 Å². The Labute approximate surface area is 142 Å². The van der Waals surface area contributed by atoms with Gasteiger partial charge in [-0.2, -0.15) is 0 Å². The lowest BCUT2D eigenvalue weighted by molar-refractivity contribution is -0.116. The van der Waals surface area contributed by atoms with Crippen molar-refractivity contribution in [3.63, 3.8) is 0 Å². The molecular formula is C19H24N2OS. The van der Waals surface area contributed by atoms with Gasteiger partial charge in [-0.15, -0.1) is 11.3 Å². The Kier molecular flexibility index (Phi) is 5.34. The third kappa shape index (κ3) is 4.35. The maximum absolute atomic E-state index is 12.1. The Bertz CT molecular complexity index is 645. The molecule has 0 radical (unpaired) electrons. The number of hydrogen-bond donors (Lipinski definition) is 1. The summed E-state index contributed by atoms with van der Waals surface area (Å²) in [7, 11) is 0. The number of thiophene rings is 1. The van der Waals surface area contributed by atoms with Crippen molar-refractivity contribution in [3.05, 3.63) is 46.2 Å². The second-order valence-corrected chi connectivity index (χ2v) is 7.21. The molecule has 1 aromatic carbocycles. The molecule has 0 aliphatic carbocycles. The second-order valence-electron chi connectivity index (χ2n) is 6.17. The number of carbonyl (C=O) groups is 1. The molecule has 2 aromatic rings. The Morgan fingerprint density at radius 1 is 1.26 bits per heavy atom. The Hall–Kier alpha value is -1.81. The van der Waals surface area contributed by atoms with Crippen molar-refractivity contribution < 1.29 is 4.79 Å². The summed E-state index contributed by atoms with van der Waals surface area (Å²) in [5.41, 5.74) is 3.35. The molecule has 4 heteroatoms. The molecule has 1 aromatic heterocycles. The van der Waals surface area contributed by atoms with Crippen molar-refractivity contribution in [1.29, 1.82) is 0 Å². The summed E-state index contributed by atoms with van der Waals surface area (Å²) in [5, 5.41) is 5.14. The number of benzene rings is 1. The van der Waals surface area contributed by atoms with Gasteiger partial charge < -0.3 is 10.2 Å². The van der Waals surface area contributed by atoms with Crippen LogP contribution in [0.2, 0.25) is 0 Å². The highest BCUT2D eigenvalue weighted by molar-refractivity contribution is 7.09. The highest BCUT2D eigenvalue weighted by Crippen LogP contribution is 2.25. The van der Waals surface area contributed by atoms with Crippen LogP contribution in [0.25, 0.3) is 0 Å². The molecule has 0 spiro atoms. The van der Waals surface area contributed by atoms with Crippen LogP contribution in [0.3, 0.4) is 0 Å². The van der Waals surface area contributed by atoms with Crippen LogP contribution in [-0.2, 0) is 11.2 Å². The van der Waals surface area contributed by atoms with Gasteiger partial charge >= 0.3 is 0 Å². The van der Waals surface area contributed by atoms with Crippen LogP contribution in [0, 0.1) is 6.92 Å². The van der Waals surface area contributed by atoms with Crippen LogP contribution >= 0.6 is 11.3 Å². The SMILES string of the molecule is Cc1cc(N2CCCC2)ccc1NC(=O)CCCc1cccs1. The lowest BCUT2D eigenvalue weighted by Crippen LogP contribution is -2.18. The third-order valence-electron chi connectivity index (χ3n) is 4.36. The number of aryl methyl sites for hydroxylation is 2. The minimum Gasteiger partial charge on any atom is -0.372 e. The first-order valence-corrected chi connectivity index (χ1v) is 9.28. The zero-order chi connectivity index (χ0) is 16.1. The summed E-state index contributed by atoms with van der Waals surface area (Å²) in [5.74, 6) is 0.110. The molecule has 1 aliphatic rings. The fourth-order valence-electron chi connectivity index (χ4n) is 3.05. The van der Waals surface area contributed by atoms with E-state index in [0.29, 0.717) is 6.42 Å². The molecule has 1 amide bonds. The molecule has 1 N–H and O–H groups in total. The van der Waals surface area contributed by atoms with Gasteiger partial charge in [-0.25, -0.2) is 0 Å². The Morgan fingerprint density at radius 3 is 2.78 bits per heavy atom. The van der Waals surface area contributed by atoms with Crippen LogP contribution in [0.1, 0.15) is 36.1 Å². The molecule has 1 fully saturated rings. The highest BCUT2D eigenvalue weighted by atomic mass is 32.1. The highest BCUT2D eigenvalue weighted by Gasteiger charge is 2.13. The molecule has 0 atom stereocenters. The molecule has 0 unspecified atom stereocenters. The number of nitrogens with zero attached hydrogens (tertiary/aromatic N) is 1. The Morgan fingerprint density at radius 2 is 2.09 bits per heavy atom. The minimum absolute atomic E-state index is 0.110. The van der Waals surface area contributed by atoms with Crippen LogP contribution in [0.15, 0.2) is 35.7 Å². The van der Waals surface area contributed by atoms with Gasteiger partial charge in [0.05, 0.1) is 0 Å². The molecule has 122 valence electrons. The molecule has 0 saturated carbocycles. The normalized spacial score (nSPS) is 14.2. The molecular weight excluding hydrogens is 304 g/mol. The van der Waals surface area contributed by atoms with E-state index in [-0.39, 0.29) is 5.91 Å². The summed E-state index contributed by atoms with van der Waals surface area (Å²) in [4.78, 5) is 15.9. The van der Waals surface area contributed by atoms with E-state index in [9.17, 15) is 4.79 Å². The van der Waals surface area contributed by atoms with E-state index in [4.69, 9.17) is 0 Å². The van der Waals surface area contributed by atoms with Crippen molar-refractivity contribution in [2.24, 2.45) is 0 Å². The summed E-state index contributed by atoms with van der Waals surface area (Å²) >= 11 is 1.76. The average molecular weight is 328 g/mol. The number of carbonyl (C=O) groups excluding carboxylic acids is 1. The van der Waals surface area contributed by atoms with Crippen molar-refractivity contribution >= 4 is 28.6 Å². The largest absolute Gasteiger partial charge is 0.372 e. The van der Waals surface area contributed by atoms with Crippen molar-refractivity contribution in [1.82, 2.24) is 0 Å². The number of hydrogen-bond acceptors (Lipinski definition) is 3. The molecule has 0 bridgehead atoms. The average Bonchev–Trinajstić information content (AvgIpc) is 3.22. The van der Waals surface area contributed by atoms with Crippen LogP contribution in [0.5, 0.6) is 0 Å². The van der Waals surface area contributed by atoms with Gasteiger partial charge in [0.15, 0.2) is 0 Å². The molecule has 3 nitrogen and oxygen atoms in total. The number of anilines is 2. The number of rotatable bonds is 6. The van der Waals surface area contributed by atoms with Crippen LogP contribution < -0.4 is 10.2 Å². The van der Waals surface area contributed by atoms with Gasteiger partial charge in [-0.3, -0.25) is 4.79 Å². The predicted octanol–water partition coefficient (Wildman–Crippen LogP) is 4.62. The summed E-state index contributed by atoms with van der Waals surface area (Å²) < 4.78 is 0. The van der Waals surface area contributed by atoms with Gasteiger partial charge in [0.1, 0.15) is 0 Å². The summed E-state index contributed by atoms with van der Waals surface area (Å²) in [6.45, 7) is 4.36. The van der Waals surface area contributed by atoms with E-state index in [1.165, 1.54) is 23.4 Å². The van der Waals surface area contributed by atoms with E-state index in [1.807, 2.05) is 6.07 Å². The second kappa shape index (κ2) is 7.64. The van der Waals surface area contributed by atoms with E-state index in [1.54, 1.807) is 11.3 Å². The molecule has 3 rings (SSSR count). The first-order chi connectivity index (χ1) is 11.2. The number of nitrogens with one attached hydrogen (secondary N) is 1. The maximum atomic E-state index is 12.1. The topological polar surface area (TPSA) is 32.3 Å². The van der Waals surface area contributed by atoms with Crippen LogP contribution in [0.4, 0.5) is 11.4 Å². The quantitative estimate of drug-likeness (QED) is 0.839. The van der Waals surface area contributed by atoms with Crippen molar-refractivity contribution in [2.75, 3.05) is 23.3 Å². The Balaban J connectivity index is 1.51. The van der Waals surface area contributed by atoms with Crippen molar-refractivity contribution in [2.45, 2.75) is 39.0 Å². The van der Waals surface area contributed by atoms with E-state index < -0.39 is 0 Å². The third-order valence-corrected chi connectivity index (χ3v) is 5.30. The first kappa shape index (κ1) is 16.1. The maximum Gasteiger partial charge on any atom is 0.224 e. The zero-order valence-electron chi connectivity index (χ0n) is 13.7. The lowest BCUT2D eigenvalue weighted by atomic mass is 10.1. The zero-order valence-corrected chi connectivity index (χ0v) is 14.5. The molecule has 1 aliphatic heterocycles. The summed E-state index contributed by atoms with van der Waals surface area (Å²) in [6.07, 6.45) is 5.02. The van der Waals surface area contributed by atoms with Gasteiger partial charge in [0.25, 0.3) is 0 Å². The van der Waals surface area contributed by atoms with E-state index in [2.05, 4.69) is 46.8 Å². The van der Waals surface area contributed by atoms with E-state index in [0.717, 1.165) is 37.2 Å². The van der Waals surface area contributed by atoms with Gasteiger partial charge in [-0.1, -0.05) is 6.07 Å². The van der Waals surface area contributed by atoms with Crippen molar-refractivity contribution in [3.8, 4) is 0 Å². The van der Waals surface area contributed by atoms with Gasteiger partial charge in [0.2, 0.25) is 5.91 Å². The fraction of sp³-hybridized carbons (Fsp3) is 0.421. The lowest BCUT2D eigenvalue weighted by Gasteiger charge is -2.19.